The molecule has 1 fully saturated rings. The Morgan fingerprint density at radius 1 is 1.19 bits per heavy atom. The van der Waals surface area contributed by atoms with Gasteiger partial charge in [-0.15, -0.1) is 0 Å². The Bertz CT molecular complexity index is 833. The van der Waals surface area contributed by atoms with Crippen molar-refractivity contribution < 1.29 is 14.3 Å². The molecule has 0 spiro atoms. The van der Waals surface area contributed by atoms with Crippen molar-refractivity contribution in [2.75, 3.05) is 11.9 Å². The number of anilines is 1. The van der Waals surface area contributed by atoms with Gasteiger partial charge in [-0.25, -0.2) is 4.98 Å². The zero-order chi connectivity index (χ0) is 19.4. The third kappa shape index (κ3) is 5.29. The van der Waals surface area contributed by atoms with E-state index in [-0.39, 0.29) is 24.2 Å². The van der Waals surface area contributed by atoms with Gasteiger partial charge in [0.15, 0.2) is 0 Å². The summed E-state index contributed by atoms with van der Waals surface area (Å²) in [6.07, 6.45) is 2.73. The molecule has 0 radical (unpaired) electrons. The first-order valence-electron chi connectivity index (χ1n) is 9.21. The maximum Gasteiger partial charge on any atom is 0.226 e. The van der Waals surface area contributed by atoms with E-state index in [1.54, 1.807) is 18.3 Å². The third-order valence-electron chi connectivity index (χ3n) is 4.82. The largest absolute Gasteiger partial charge is 0.439 e. The van der Waals surface area contributed by atoms with Crippen molar-refractivity contribution in [1.82, 2.24) is 10.3 Å². The van der Waals surface area contributed by atoms with Crippen molar-refractivity contribution in [1.29, 1.82) is 0 Å². The van der Waals surface area contributed by atoms with Crippen LogP contribution >= 0.6 is 0 Å². The molecule has 0 aliphatic heterocycles. The molecule has 3 rings (SSSR count). The van der Waals surface area contributed by atoms with E-state index in [0.717, 1.165) is 17.7 Å². The van der Waals surface area contributed by atoms with Crippen LogP contribution in [0.3, 0.4) is 0 Å². The number of amides is 2. The number of carbonyl (C=O) groups is 2. The maximum atomic E-state index is 12.0. The number of ether oxygens (including phenoxy) is 1. The van der Waals surface area contributed by atoms with Gasteiger partial charge in [0.2, 0.25) is 17.7 Å². The lowest BCUT2D eigenvalue weighted by Crippen LogP contribution is -2.29. The van der Waals surface area contributed by atoms with Gasteiger partial charge in [-0.2, -0.15) is 0 Å². The van der Waals surface area contributed by atoms with Gasteiger partial charge in [0.25, 0.3) is 0 Å². The van der Waals surface area contributed by atoms with Crippen LogP contribution in [0.2, 0.25) is 0 Å². The molecule has 2 atom stereocenters. The molecule has 6 nitrogen and oxygen atoms in total. The van der Waals surface area contributed by atoms with Gasteiger partial charge in [-0.3, -0.25) is 9.59 Å². The molecule has 2 amide bonds. The average Bonchev–Trinajstić information content (AvgIpc) is 3.37. The molecule has 1 aromatic heterocycles. The number of benzene rings is 1. The van der Waals surface area contributed by atoms with Gasteiger partial charge in [0.1, 0.15) is 5.75 Å². The summed E-state index contributed by atoms with van der Waals surface area (Å²) in [4.78, 5) is 27.9. The van der Waals surface area contributed by atoms with Crippen molar-refractivity contribution in [2.45, 2.75) is 33.6 Å². The highest BCUT2D eigenvalue weighted by Gasteiger charge is 2.38. The molecular weight excluding hydrogens is 342 g/mol. The molecule has 1 aliphatic rings. The van der Waals surface area contributed by atoms with Crippen molar-refractivity contribution in [3.05, 3.63) is 47.7 Å². The van der Waals surface area contributed by atoms with E-state index in [2.05, 4.69) is 22.5 Å². The molecule has 1 heterocycles. The number of hydrogen-bond donors (Lipinski definition) is 2. The van der Waals surface area contributed by atoms with E-state index in [9.17, 15) is 9.59 Å². The van der Waals surface area contributed by atoms with E-state index in [1.165, 1.54) is 5.56 Å². The summed E-state index contributed by atoms with van der Waals surface area (Å²) in [7, 11) is 0. The number of nitrogens with zero attached hydrogens (tertiary/aromatic N) is 1. The normalized spacial score (nSPS) is 17.9. The van der Waals surface area contributed by atoms with E-state index < -0.39 is 0 Å². The molecule has 0 bridgehead atoms. The van der Waals surface area contributed by atoms with E-state index >= 15 is 0 Å². The fraction of sp³-hybridized carbons (Fsp3) is 0.381. The molecule has 0 saturated heterocycles. The van der Waals surface area contributed by atoms with E-state index in [0.29, 0.717) is 24.0 Å². The monoisotopic (exact) mass is 367 g/mol. The highest BCUT2D eigenvalue weighted by molar-refractivity contribution is 5.91. The highest BCUT2D eigenvalue weighted by Crippen LogP contribution is 2.37. The van der Waals surface area contributed by atoms with Gasteiger partial charge in [0, 0.05) is 24.9 Å². The minimum absolute atomic E-state index is 0.0461. The molecule has 6 heteroatoms. The summed E-state index contributed by atoms with van der Waals surface area (Å²) < 4.78 is 5.73. The van der Waals surface area contributed by atoms with Gasteiger partial charge >= 0.3 is 0 Å². The summed E-state index contributed by atoms with van der Waals surface area (Å²) in [6, 6.07) is 9.31. The summed E-state index contributed by atoms with van der Waals surface area (Å²) in [5.41, 5.74) is 2.95. The third-order valence-corrected chi connectivity index (χ3v) is 4.82. The zero-order valence-corrected chi connectivity index (χ0v) is 15.9. The van der Waals surface area contributed by atoms with Crippen LogP contribution in [-0.2, 0) is 9.59 Å². The Morgan fingerprint density at radius 2 is 1.96 bits per heavy atom. The SMILES string of the molecule is Cc1ccc(Oc2ccc(NC(=O)CCNC(=O)C3CC3C)cn2)cc1C. The second-order valence-corrected chi connectivity index (χ2v) is 7.14. The molecule has 2 aromatic rings. The molecule has 2 unspecified atom stereocenters. The van der Waals surface area contributed by atoms with Gasteiger partial charge in [-0.05, 0) is 55.5 Å². The van der Waals surface area contributed by atoms with Crippen LogP contribution in [0.4, 0.5) is 5.69 Å². The number of rotatable bonds is 7. The standard InChI is InChI=1S/C21H25N3O3/c1-13-4-6-17(10-14(13)2)27-20-7-5-16(12-23-20)24-19(25)8-9-22-21(26)18-11-15(18)3/h4-7,10,12,15,18H,8-9,11H2,1-3H3,(H,22,26)(H,24,25). The summed E-state index contributed by atoms with van der Waals surface area (Å²) in [6.45, 7) is 6.47. The van der Waals surface area contributed by atoms with Crippen molar-refractivity contribution in [2.24, 2.45) is 11.8 Å². The highest BCUT2D eigenvalue weighted by atomic mass is 16.5. The molecule has 1 saturated carbocycles. The quantitative estimate of drug-likeness (QED) is 0.784. The molecule has 27 heavy (non-hydrogen) atoms. The zero-order valence-electron chi connectivity index (χ0n) is 15.9. The second kappa shape index (κ2) is 8.20. The first kappa shape index (κ1) is 18.9. The average molecular weight is 367 g/mol. The predicted octanol–water partition coefficient (Wildman–Crippen LogP) is 3.59. The minimum Gasteiger partial charge on any atom is -0.439 e. The number of nitrogens with one attached hydrogen (secondary N) is 2. The van der Waals surface area contributed by atoms with Crippen molar-refractivity contribution in [3.8, 4) is 11.6 Å². The summed E-state index contributed by atoms with van der Waals surface area (Å²) in [5.74, 6) is 1.66. The van der Waals surface area contributed by atoms with Gasteiger partial charge in [-0.1, -0.05) is 13.0 Å². The molecule has 142 valence electrons. The van der Waals surface area contributed by atoms with Crippen LogP contribution in [0.5, 0.6) is 11.6 Å². The Hall–Kier alpha value is -2.89. The molecular formula is C21H25N3O3. The Labute approximate surface area is 159 Å². The van der Waals surface area contributed by atoms with Crippen molar-refractivity contribution >= 4 is 17.5 Å². The van der Waals surface area contributed by atoms with E-state index in [4.69, 9.17) is 4.74 Å². The lowest BCUT2D eigenvalue weighted by Gasteiger charge is -2.09. The Balaban J connectivity index is 1.44. The van der Waals surface area contributed by atoms with Gasteiger partial charge < -0.3 is 15.4 Å². The number of carbonyl (C=O) groups excluding carboxylic acids is 2. The molecule has 1 aliphatic carbocycles. The van der Waals surface area contributed by atoms with Crippen LogP contribution in [-0.4, -0.2) is 23.3 Å². The lowest BCUT2D eigenvalue weighted by molar-refractivity contribution is -0.122. The second-order valence-electron chi connectivity index (χ2n) is 7.14. The first-order chi connectivity index (χ1) is 12.9. The topological polar surface area (TPSA) is 80.3 Å². The van der Waals surface area contributed by atoms with Crippen LogP contribution in [0.25, 0.3) is 0 Å². The smallest absolute Gasteiger partial charge is 0.226 e. The van der Waals surface area contributed by atoms with E-state index in [1.807, 2.05) is 32.0 Å². The number of aromatic nitrogens is 1. The fourth-order valence-electron chi connectivity index (χ4n) is 2.75. The van der Waals surface area contributed by atoms with Crippen LogP contribution in [0.1, 0.15) is 30.9 Å². The first-order valence-corrected chi connectivity index (χ1v) is 9.21. The van der Waals surface area contributed by atoms with Crippen LogP contribution in [0.15, 0.2) is 36.5 Å². The van der Waals surface area contributed by atoms with Crippen molar-refractivity contribution in [3.63, 3.8) is 0 Å². The Morgan fingerprint density at radius 3 is 2.59 bits per heavy atom. The summed E-state index contributed by atoms with van der Waals surface area (Å²) >= 11 is 0. The number of hydrogen-bond acceptors (Lipinski definition) is 4. The number of aryl methyl sites for hydroxylation is 2. The molecule has 2 N–H and O–H groups in total. The van der Waals surface area contributed by atoms with Crippen LogP contribution in [0, 0.1) is 25.7 Å². The predicted molar refractivity (Wildman–Crippen MR) is 104 cm³/mol. The minimum atomic E-state index is -0.163. The molecule has 1 aromatic carbocycles. The number of pyridine rings is 1. The lowest BCUT2D eigenvalue weighted by atomic mass is 10.1. The fourth-order valence-corrected chi connectivity index (χ4v) is 2.75. The Kier molecular flexibility index (Phi) is 5.74. The van der Waals surface area contributed by atoms with Crippen LogP contribution < -0.4 is 15.4 Å². The maximum absolute atomic E-state index is 12.0. The summed E-state index contributed by atoms with van der Waals surface area (Å²) in [5, 5.41) is 5.57. The van der Waals surface area contributed by atoms with Gasteiger partial charge in [0.05, 0.1) is 11.9 Å².